The number of aromatic nitrogens is 1. The number of carbonyl (C=O) groups is 2. The molecule has 1 aliphatic rings. The van der Waals surface area contributed by atoms with E-state index in [4.69, 9.17) is 0 Å². The summed E-state index contributed by atoms with van der Waals surface area (Å²) >= 11 is 0. The van der Waals surface area contributed by atoms with E-state index in [-0.39, 0.29) is 24.0 Å². The van der Waals surface area contributed by atoms with Crippen molar-refractivity contribution in [1.82, 2.24) is 14.8 Å². The zero-order chi connectivity index (χ0) is 22.3. The number of carbonyl (C=O) groups excluding carboxylic acids is 2. The Morgan fingerprint density at radius 1 is 0.906 bits per heavy atom. The van der Waals surface area contributed by atoms with E-state index >= 15 is 0 Å². The molecule has 0 radical (unpaired) electrons. The van der Waals surface area contributed by atoms with E-state index in [1.54, 1.807) is 41.4 Å². The SMILES string of the molecule is O=C(CN1CCN(C(=O)c2cccnc2Nc2ccccc2F)CC1)Nc1ccccc1. The van der Waals surface area contributed by atoms with Crippen molar-refractivity contribution in [2.24, 2.45) is 0 Å². The number of pyridine rings is 1. The average Bonchev–Trinajstić information content (AvgIpc) is 2.81. The molecule has 164 valence electrons. The number of anilines is 3. The normalized spacial score (nSPS) is 14.1. The third-order valence-corrected chi connectivity index (χ3v) is 5.25. The second kappa shape index (κ2) is 10.0. The van der Waals surface area contributed by atoms with Gasteiger partial charge in [-0.1, -0.05) is 30.3 Å². The Kier molecular flexibility index (Phi) is 6.72. The lowest BCUT2D eigenvalue weighted by molar-refractivity contribution is -0.117. The van der Waals surface area contributed by atoms with Crippen LogP contribution in [0.4, 0.5) is 21.6 Å². The second-order valence-electron chi connectivity index (χ2n) is 7.49. The largest absolute Gasteiger partial charge is 0.337 e. The second-order valence-corrected chi connectivity index (χ2v) is 7.49. The number of hydrogen-bond acceptors (Lipinski definition) is 5. The highest BCUT2D eigenvalue weighted by Gasteiger charge is 2.25. The minimum atomic E-state index is -0.418. The molecule has 1 saturated heterocycles. The van der Waals surface area contributed by atoms with Gasteiger partial charge in [-0.15, -0.1) is 0 Å². The van der Waals surface area contributed by atoms with Crippen LogP contribution in [-0.4, -0.2) is 59.3 Å². The standard InChI is InChI=1S/C24H24FN5O2/c25-20-10-4-5-11-21(20)28-23-19(9-6-12-26-23)24(32)30-15-13-29(14-16-30)17-22(31)27-18-7-2-1-3-8-18/h1-12H,13-17H2,(H,26,28)(H,27,31). The minimum absolute atomic E-state index is 0.0837. The third-order valence-electron chi connectivity index (χ3n) is 5.25. The van der Waals surface area contributed by atoms with Crippen LogP contribution in [0.5, 0.6) is 0 Å². The first kappa shape index (κ1) is 21.5. The molecular weight excluding hydrogens is 409 g/mol. The van der Waals surface area contributed by atoms with Gasteiger partial charge in [-0.05, 0) is 36.4 Å². The smallest absolute Gasteiger partial charge is 0.257 e. The number of para-hydroxylation sites is 2. The maximum atomic E-state index is 14.0. The summed E-state index contributed by atoms with van der Waals surface area (Å²) in [7, 11) is 0. The van der Waals surface area contributed by atoms with E-state index in [1.807, 2.05) is 35.2 Å². The van der Waals surface area contributed by atoms with Crippen LogP contribution in [-0.2, 0) is 4.79 Å². The molecule has 0 saturated carbocycles. The molecule has 2 amide bonds. The van der Waals surface area contributed by atoms with E-state index in [1.165, 1.54) is 6.07 Å². The number of nitrogens with zero attached hydrogens (tertiary/aromatic N) is 3. The molecule has 0 aliphatic carbocycles. The van der Waals surface area contributed by atoms with Crippen LogP contribution in [0.3, 0.4) is 0 Å². The Morgan fingerprint density at radius 3 is 2.38 bits per heavy atom. The molecule has 2 N–H and O–H groups in total. The van der Waals surface area contributed by atoms with Crippen LogP contribution in [0.2, 0.25) is 0 Å². The topological polar surface area (TPSA) is 77.6 Å². The predicted octanol–water partition coefficient (Wildman–Crippen LogP) is 3.36. The molecule has 32 heavy (non-hydrogen) atoms. The summed E-state index contributed by atoms with van der Waals surface area (Å²) < 4.78 is 14.0. The van der Waals surface area contributed by atoms with Gasteiger partial charge in [0.25, 0.3) is 5.91 Å². The predicted molar refractivity (Wildman–Crippen MR) is 121 cm³/mol. The van der Waals surface area contributed by atoms with Crippen molar-refractivity contribution in [1.29, 1.82) is 0 Å². The number of rotatable bonds is 6. The molecule has 4 rings (SSSR count). The van der Waals surface area contributed by atoms with Crippen LogP contribution in [0.25, 0.3) is 0 Å². The highest BCUT2D eigenvalue weighted by molar-refractivity contribution is 5.99. The molecule has 7 nitrogen and oxygen atoms in total. The number of halogens is 1. The fourth-order valence-electron chi connectivity index (χ4n) is 3.57. The zero-order valence-electron chi connectivity index (χ0n) is 17.5. The summed E-state index contributed by atoms with van der Waals surface area (Å²) in [4.78, 5) is 33.4. The molecule has 0 unspecified atom stereocenters. The molecule has 0 spiro atoms. The fraction of sp³-hybridized carbons (Fsp3) is 0.208. The molecule has 0 bridgehead atoms. The minimum Gasteiger partial charge on any atom is -0.337 e. The summed E-state index contributed by atoms with van der Waals surface area (Å²) in [5.74, 6) is -0.365. The Labute approximate surface area is 185 Å². The van der Waals surface area contributed by atoms with Crippen molar-refractivity contribution in [2.45, 2.75) is 0 Å². The first-order chi connectivity index (χ1) is 15.6. The van der Waals surface area contributed by atoms with Gasteiger partial charge in [0, 0.05) is 38.1 Å². The quantitative estimate of drug-likeness (QED) is 0.623. The molecule has 1 fully saturated rings. The Hall–Kier alpha value is -3.78. The van der Waals surface area contributed by atoms with Crippen LogP contribution in [0, 0.1) is 5.82 Å². The molecule has 1 aliphatic heterocycles. The van der Waals surface area contributed by atoms with Crippen molar-refractivity contribution < 1.29 is 14.0 Å². The van der Waals surface area contributed by atoms with E-state index in [9.17, 15) is 14.0 Å². The summed E-state index contributed by atoms with van der Waals surface area (Å²) in [5, 5.41) is 5.80. The maximum Gasteiger partial charge on any atom is 0.257 e. The van der Waals surface area contributed by atoms with Crippen molar-refractivity contribution in [3.63, 3.8) is 0 Å². The Morgan fingerprint density at radius 2 is 1.62 bits per heavy atom. The number of piperazine rings is 1. The van der Waals surface area contributed by atoms with Gasteiger partial charge in [0.05, 0.1) is 17.8 Å². The van der Waals surface area contributed by atoms with Gasteiger partial charge < -0.3 is 15.5 Å². The fourth-order valence-corrected chi connectivity index (χ4v) is 3.57. The molecule has 2 heterocycles. The molecular formula is C24H24FN5O2. The first-order valence-corrected chi connectivity index (χ1v) is 10.4. The van der Waals surface area contributed by atoms with Crippen LogP contribution < -0.4 is 10.6 Å². The van der Waals surface area contributed by atoms with Gasteiger partial charge in [0.2, 0.25) is 5.91 Å². The van der Waals surface area contributed by atoms with Gasteiger partial charge in [0.1, 0.15) is 11.6 Å². The summed E-state index contributed by atoms with van der Waals surface area (Å²) in [6.45, 7) is 2.43. The van der Waals surface area contributed by atoms with Crippen LogP contribution in [0.15, 0.2) is 72.9 Å². The average molecular weight is 433 g/mol. The van der Waals surface area contributed by atoms with Crippen LogP contribution >= 0.6 is 0 Å². The third kappa shape index (κ3) is 5.28. The molecule has 0 atom stereocenters. The Balaban J connectivity index is 1.35. The van der Waals surface area contributed by atoms with Crippen LogP contribution in [0.1, 0.15) is 10.4 Å². The van der Waals surface area contributed by atoms with E-state index in [0.29, 0.717) is 37.6 Å². The van der Waals surface area contributed by atoms with Gasteiger partial charge in [-0.3, -0.25) is 14.5 Å². The lowest BCUT2D eigenvalue weighted by Crippen LogP contribution is -2.50. The molecule has 2 aromatic carbocycles. The summed E-state index contributed by atoms with van der Waals surface area (Å²) in [6, 6.07) is 18.9. The van der Waals surface area contributed by atoms with Gasteiger partial charge >= 0.3 is 0 Å². The Bertz CT molecular complexity index is 1080. The lowest BCUT2D eigenvalue weighted by Gasteiger charge is -2.34. The van der Waals surface area contributed by atoms with Crippen molar-refractivity contribution >= 4 is 29.0 Å². The van der Waals surface area contributed by atoms with Crippen molar-refractivity contribution in [3.05, 3.63) is 84.3 Å². The van der Waals surface area contributed by atoms with Gasteiger partial charge in [0.15, 0.2) is 0 Å². The van der Waals surface area contributed by atoms with E-state index < -0.39 is 5.82 Å². The lowest BCUT2D eigenvalue weighted by atomic mass is 10.2. The monoisotopic (exact) mass is 433 g/mol. The van der Waals surface area contributed by atoms with Gasteiger partial charge in [-0.2, -0.15) is 0 Å². The van der Waals surface area contributed by atoms with Gasteiger partial charge in [-0.25, -0.2) is 9.37 Å². The summed E-state index contributed by atoms with van der Waals surface area (Å²) in [6.07, 6.45) is 1.56. The van der Waals surface area contributed by atoms with E-state index in [2.05, 4.69) is 15.6 Å². The first-order valence-electron chi connectivity index (χ1n) is 10.4. The van der Waals surface area contributed by atoms with E-state index in [0.717, 1.165) is 5.69 Å². The number of nitrogens with one attached hydrogen (secondary N) is 2. The number of amides is 2. The highest BCUT2D eigenvalue weighted by atomic mass is 19.1. The number of benzene rings is 2. The molecule has 8 heteroatoms. The number of hydrogen-bond donors (Lipinski definition) is 2. The van der Waals surface area contributed by atoms with Crippen molar-refractivity contribution in [3.8, 4) is 0 Å². The van der Waals surface area contributed by atoms with Crippen molar-refractivity contribution in [2.75, 3.05) is 43.4 Å². The summed E-state index contributed by atoms with van der Waals surface area (Å²) in [5.41, 5.74) is 1.40. The maximum absolute atomic E-state index is 14.0. The molecule has 1 aromatic heterocycles. The zero-order valence-corrected chi connectivity index (χ0v) is 17.5. The molecule has 3 aromatic rings. The highest BCUT2D eigenvalue weighted by Crippen LogP contribution is 2.22.